The van der Waals surface area contributed by atoms with Crippen LogP contribution in [0.5, 0.6) is 0 Å². The van der Waals surface area contributed by atoms with Crippen molar-refractivity contribution in [2.45, 2.75) is 13.8 Å². The molecule has 1 aliphatic rings. The van der Waals surface area contributed by atoms with Gasteiger partial charge in [-0.1, -0.05) is 66.2 Å². The molecule has 3 rings (SSSR count). The van der Waals surface area contributed by atoms with E-state index in [1.807, 2.05) is 74.5 Å². The molecular formula is C24H23NO2. The van der Waals surface area contributed by atoms with Crippen LogP contribution in [0.4, 0.5) is 0 Å². The Morgan fingerprint density at radius 3 is 1.63 bits per heavy atom. The Kier molecular flexibility index (Phi) is 5.51. The molecule has 136 valence electrons. The molecule has 0 aromatic heterocycles. The van der Waals surface area contributed by atoms with Crippen molar-refractivity contribution in [2.24, 2.45) is 0 Å². The Morgan fingerprint density at radius 1 is 0.852 bits per heavy atom. The topological polar surface area (TPSA) is 37.4 Å². The Hall–Kier alpha value is -3.20. The van der Waals surface area contributed by atoms with Crippen LogP contribution < -0.4 is 0 Å². The number of Topliss-reactive ketones (excluding diaryl/α,β-unsaturated/α-hetero) is 1. The van der Waals surface area contributed by atoms with E-state index in [9.17, 15) is 9.59 Å². The van der Waals surface area contributed by atoms with Gasteiger partial charge < -0.3 is 4.90 Å². The number of ketones is 1. The number of hydrogen-bond donors (Lipinski definition) is 0. The molecule has 3 heteroatoms. The van der Waals surface area contributed by atoms with Gasteiger partial charge in [0, 0.05) is 11.1 Å². The molecule has 1 aliphatic heterocycles. The summed E-state index contributed by atoms with van der Waals surface area (Å²) in [5, 5.41) is 0. The highest BCUT2D eigenvalue weighted by atomic mass is 16.2. The van der Waals surface area contributed by atoms with E-state index in [1.165, 1.54) is 6.08 Å². The molecule has 0 spiro atoms. The van der Waals surface area contributed by atoms with Crippen molar-refractivity contribution in [1.82, 2.24) is 4.90 Å². The summed E-state index contributed by atoms with van der Waals surface area (Å²) in [6, 6.07) is 16.0. The lowest BCUT2D eigenvalue weighted by Crippen LogP contribution is -2.40. The summed E-state index contributed by atoms with van der Waals surface area (Å²) in [5.41, 5.74) is 5.45. The first kappa shape index (κ1) is 18.6. The van der Waals surface area contributed by atoms with Gasteiger partial charge >= 0.3 is 0 Å². The first-order chi connectivity index (χ1) is 13.0. The van der Waals surface area contributed by atoms with E-state index < -0.39 is 0 Å². The summed E-state index contributed by atoms with van der Waals surface area (Å²) in [4.78, 5) is 26.9. The number of amides is 1. The third-order valence-corrected chi connectivity index (χ3v) is 4.63. The molecule has 0 unspecified atom stereocenters. The smallest absolute Gasteiger partial charge is 0.246 e. The fourth-order valence-corrected chi connectivity index (χ4v) is 3.05. The number of likely N-dealkylation sites (tertiary alicyclic amines) is 1. The minimum Gasteiger partial charge on any atom is -0.330 e. The number of benzene rings is 2. The second-order valence-electron chi connectivity index (χ2n) is 6.89. The molecule has 0 N–H and O–H groups in total. The fourth-order valence-electron chi connectivity index (χ4n) is 3.05. The van der Waals surface area contributed by atoms with Gasteiger partial charge in [0.1, 0.15) is 0 Å². The van der Waals surface area contributed by atoms with Gasteiger partial charge in [-0.2, -0.15) is 0 Å². The Labute approximate surface area is 160 Å². The van der Waals surface area contributed by atoms with Gasteiger partial charge in [-0.05, 0) is 43.2 Å². The number of carbonyl (C=O) groups is 2. The van der Waals surface area contributed by atoms with Crippen LogP contribution in [0.2, 0.25) is 0 Å². The maximum Gasteiger partial charge on any atom is 0.246 e. The number of rotatable bonds is 3. The highest BCUT2D eigenvalue weighted by molar-refractivity contribution is 6.15. The summed E-state index contributed by atoms with van der Waals surface area (Å²) in [7, 11) is 0. The molecule has 1 fully saturated rings. The third kappa shape index (κ3) is 4.50. The summed E-state index contributed by atoms with van der Waals surface area (Å²) in [6.45, 7) is 8.21. The van der Waals surface area contributed by atoms with E-state index >= 15 is 0 Å². The Morgan fingerprint density at radius 2 is 1.26 bits per heavy atom. The van der Waals surface area contributed by atoms with E-state index in [4.69, 9.17) is 0 Å². The lowest BCUT2D eigenvalue weighted by atomic mass is 9.94. The van der Waals surface area contributed by atoms with Crippen molar-refractivity contribution in [3.63, 3.8) is 0 Å². The monoisotopic (exact) mass is 357 g/mol. The van der Waals surface area contributed by atoms with Crippen LogP contribution >= 0.6 is 0 Å². The predicted molar refractivity (Wildman–Crippen MR) is 110 cm³/mol. The third-order valence-electron chi connectivity index (χ3n) is 4.63. The van der Waals surface area contributed by atoms with Gasteiger partial charge in [-0.15, -0.1) is 0 Å². The van der Waals surface area contributed by atoms with E-state index in [-0.39, 0.29) is 11.7 Å². The molecule has 3 nitrogen and oxygen atoms in total. The highest BCUT2D eigenvalue weighted by Gasteiger charge is 2.27. The maximum absolute atomic E-state index is 13.0. The molecule has 0 saturated carbocycles. The fraction of sp³-hybridized carbons (Fsp3) is 0.167. The number of carbonyl (C=O) groups excluding carboxylic acids is 2. The zero-order valence-corrected chi connectivity index (χ0v) is 15.7. The van der Waals surface area contributed by atoms with Crippen molar-refractivity contribution in [3.05, 3.63) is 94.6 Å². The number of aryl methyl sites for hydroxylation is 2. The van der Waals surface area contributed by atoms with Crippen molar-refractivity contribution in [2.75, 3.05) is 13.1 Å². The van der Waals surface area contributed by atoms with Gasteiger partial charge in [-0.25, -0.2) is 0 Å². The molecule has 1 heterocycles. The molecule has 0 atom stereocenters. The predicted octanol–water partition coefficient (Wildman–Crippen LogP) is 4.37. The molecule has 0 radical (unpaired) electrons. The standard InChI is InChI=1S/C24H23NO2/c1-4-23(26)25-15-21(13-19-9-5-17(2)6-10-19)24(27)22(16-25)14-20-11-7-18(3)8-12-20/h4-14H,1,15-16H2,2-3H3/b21-13+,22-14+. The van der Waals surface area contributed by atoms with Crippen LogP contribution in [-0.2, 0) is 9.59 Å². The highest BCUT2D eigenvalue weighted by Crippen LogP contribution is 2.22. The summed E-state index contributed by atoms with van der Waals surface area (Å²) in [5.74, 6) is -0.184. The van der Waals surface area contributed by atoms with Crippen LogP contribution in [0.1, 0.15) is 22.3 Å². The molecule has 0 aliphatic carbocycles. The average molecular weight is 357 g/mol. The van der Waals surface area contributed by atoms with Crippen molar-refractivity contribution < 1.29 is 9.59 Å². The Bertz CT molecular complexity index is 864. The summed E-state index contributed by atoms with van der Waals surface area (Å²) in [6.07, 6.45) is 5.03. The molecule has 0 bridgehead atoms. The molecule has 2 aromatic carbocycles. The minimum absolute atomic E-state index is 0.00994. The molecule has 27 heavy (non-hydrogen) atoms. The van der Waals surface area contributed by atoms with Crippen molar-refractivity contribution in [1.29, 1.82) is 0 Å². The molecule has 1 amide bonds. The van der Waals surface area contributed by atoms with Crippen LogP contribution in [0.15, 0.2) is 72.3 Å². The van der Waals surface area contributed by atoms with E-state index in [2.05, 4.69) is 6.58 Å². The summed E-state index contributed by atoms with van der Waals surface area (Å²) >= 11 is 0. The quantitative estimate of drug-likeness (QED) is 0.765. The van der Waals surface area contributed by atoms with Crippen molar-refractivity contribution in [3.8, 4) is 0 Å². The van der Waals surface area contributed by atoms with Crippen molar-refractivity contribution >= 4 is 23.8 Å². The van der Waals surface area contributed by atoms with E-state index in [1.54, 1.807) is 4.90 Å². The molecule has 2 aromatic rings. The normalized spacial score (nSPS) is 17.4. The first-order valence-electron chi connectivity index (χ1n) is 8.97. The summed E-state index contributed by atoms with van der Waals surface area (Å²) < 4.78 is 0. The van der Waals surface area contributed by atoms with Crippen LogP contribution in [0.25, 0.3) is 12.2 Å². The van der Waals surface area contributed by atoms with Gasteiger partial charge in [0.05, 0.1) is 13.1 Å². The number of piperidine rings is 1. The van der Waals surface area contributed by atoms with E-state index in [0.29, 0.717) is 24.2 Å². The minimum atomic E-state index is -0.174. The maximum atomic E-state index is 13.0. The van der Waals surface area contributed by atoms with Gasteiger partial charge in [-0.3, -0.25) is 9.59 Å². The second-order valence-corrected chi connectivity index (χ2v) is 6.89. The lowest BCUT2D eigenvalue weighted by molar-refractivity contribution is -0.126. The number of hydrogen-bond acceptors (Lipinski definition) is 2. The van der Waals surface area contributed by atoms with Gasteiger partial charge in [0.15, 0.2) is 5.78 Å². The largest absolute Gasteiger partial charge is 0.330 e. The lowest BCUT2D eigenvalue weighted by Gasteiger charge is -2.29. The first-order valence-corrected chi connectivity index (χ1v) is 8.97. The molecular weight excluding hydrogens is 334 g/mol. The average Bonchev–Trinajstić information content (AvgIpc) is 2.67. The van der Waals surface area contributed by atoms with Gasteiger partial charge in [0.25, 0.3) is 0 Å². The SMILES string of the molecule is C=CC(=O)N1C/C(=C\c2ccc(C)cc2)C(=O)/C(=C/c2ccc(C)cc2)C1. The number of nitrogens with zero attached hydrogens (tertiary/aromatic N) is 1. The second kappa shape index (κ2) is 8.00. The van der Waals surface area contributed by atoms with Gasteiger partial charge in [0.2, 0.25) is 5.91 Å². The van der Waals surface area contributed by atoms with Crippen LogP contribution in [-0.4, -0.2) is 29.7 Å². The zero-order valence-electron chi connectivity index (χ0n) is 15.7. The van der Waals surface area contributed by atoms with E-state index in [0.717, 1.165) is 22.3 Å². The van der Waals surface area contributed by atoms with Crippen LogP contribution in [0, 0.1) is 13.8 Å². The Balaban J connectivity index is 1.98. The van der Waals surface area contributed by atoms with Crippen LogP contribution in [0.3, 0.4) is 0 Å². The molecule has 1 saturated heterocycles. The zero-order chi connectivity index (χ0) is 19.4.